The first kappa shape index (κ1) is 19.6. The molecule has 0 fully saturated rings. The number of amides is 2. The van der Waals surface area contributed by atoms with E-state index >= 15 is 0 Å². The number of aromatic nitrogens is 2. The lowest BCUT2D eigenvalue weighted by atomic mass is 10.1. The van der Waals surface area contributed by atoms with Crippen LogP contribution in [-0.4, -0.2) is 36.1 Å². The van der Waals surface area contributed by atoms with Gasteiger partial charge in [-0.25, -0.2) is 9.48 Å². The van der Waals surface area contributed by atoms with E-state index in [1.807, 2.05) is 48.5 Å². The predicted molar refractivity (Wildman–Crippen MR) is 108 cm³/mol. The zero-order chi connectivity index (χ0) is 19.8. The normalized spacial score (nSPS) is 10.8. The number of fused-ring (bicyclic) bond motifs is 1. The molecule has 0 radical (unpaired) electrons. The minimum absolute atomic E-state index is 0.163. The van der Waals surface area contributed by atoms with Gasteiger partial charge in [0.25, 0.3) is 5.56 Å². The topological polar surface area (TPSA) is 85.2 Å². The van der Waals surface area contributed by atoms with E-state index in [9.17, 15) is 9.59 Å². The monoisotopic (exact) mass is 380 g/mol. The van der Waals surface area contributed by atoms with E-state index in [1.54, 1.807) is 13.2 Å². The SMILES string of the molecule is COCCn1nc(CNC(=O)NCCc2ccccc2)c2ccccc2c1=O. The number of hydrogen-bond acceptors (Lipinski definition) is 4. The molecule has 28 heavy (non-hydrogen) atoms. The largest absolute Gasteiger partial charge is 0.383 e. The summed E-state index contributed by atoms with van der Waals surface area (Å²) in [5, 5.41) is 11.4. The Balaban J connectivity index is 1.65. The lowest BCUT2D eigenvalue weighted by Gasteiger charge is -2.12. The van der Waals surface area contributed by atoms with Crippen molar-refractivity contribution in [2.45, 2.75) is 19.5 Å². The van der Waals surface area contributed by atoms with E-state index in [0.29, 0.717) is 30.8 Å². The number of urea groups is 1. The number of methoxy groups -OCH3 is 1. The summed E-state index contributed by atoms with van der Waals surface area (Å²) in [6.45, 7) is 1.51. The third kappa shape index (κ3) is 4.95. The van der Waals surface area contributed by atoms with Crippen LogP contribution in [0.5, 0.6) is 0 Å². The van der Waals surface area contributed by atoms with E-state index in [2.05, 4.69) is 15.7 Å². The number of carbonyl (C=O) groups is 1. The average molecular weight is 380 g/mol. The molecule has 0 spiro atoms. The Morgan fingerprint density at radius 2 is 1.75 bits per heavy atom. The van der Waals surface area contributed by atoms with Crippen molar-refractivity contribution in [3.63, 3.8) is 0 Å². The van der Waals surface area contributed by atoms with Crippen molar-refractivity contribution >= 4 is 16.8 Å². The van der Waals surface area contributed by atoms with Gasteiger partial charge in [0.15, 0.2) is 0 Å². The molecule has 0 bridgehead atoms. The molecule has 7 nitrogen and oxygen atoms in total. The molecule has 0 aliphatic rings. The predicted octanol–water partition coefficient (Wildman–Crippen LogP) is 2.08. The number of carbonyl (C=O) groups excluding carboxylic acids is 1. The second-order valence-electron chi connectivity index (χ2n) is 6.36. The Hall–Kier alpha value is -3.19. The van der Waals surface area contributed by atoms with Crippen LogP contribution in [-0.2, 0) is 24.2 Å². The van der Waals surface area contributed by atoms with Gasteiger partial charge in [0.1, 0.15) is 0 Å². The fourth-order valence-corrected chi connectivity index (χ4v) is 2.96. The summed E-state index contributed by atoms with van der Waals surface area (Å²) in [7, 11) is 1.58. The van der Waals surface area contributed by atoms with E-state index in [0.717, 1.165) is 11.8 Å². The van der Waals surface area contributed by atoms with Gasteiger partial charge in [0, 0.05) is 19.0 Å². The van der Waals surface area contributed by atoms with Crippen LogP contribution < -0.4 is 16.2 Å². The number of rotatable bonds is 8. The molecule has 3 aromatic rings. The van der Waals surface area contributed by atoms with Crippen LogP contribution in [0.1, 0.15) is 11.3 Å². The van der Waals surface area contributed by atoms with Gasteiger partial charge in [-0.05, 0) is 18.1 Å². The quantitative estimate of drug-likeness (QED) is 0.627. The maximum Gasteiger partial charge on any atom is 0.315 e. The van der Waals surface area contributed by atoms with Crippen molar-refractivity contribution in [3.05, 3.63) is 76.2 Å². The fourth-order valence-electron chi connectivity index (χ4n) is 2.96. The minimum Gasteiger partial charge on any atom is -0.383 e. The standard InChI is InChI=1S/C21H24N4O3/c1-28-14-13-25-20(26)18-10-6-5-9-17(18)19(24-25)15-23-21(27)22-12-11-16-7-3-2-4-8-16/h2-10H,11-15H2,1H3,(H2,22,23,27). The van der Waals surface area contributed by atoms with Crippen LogP contribution in [0.15, 0.2) is 59.4 Å². The summed E-state index contributed by atoms with van der Waals surface area (Å²) in [4.78, 5) is 24.7. The van der Waals surface area contributed by atoms with Gasteiger partial charge in [-0.15, -0.1) is 0 Å². The van der Waals surface area contributed by atoms with Gasteiger partial charge in [-0.1, -0.05) is 48.5 Å². The second kappa shape index (κ2) is 9.66. The molecule has 0 aliphatic carbocycles. The van der Waals surface area contributed by atoms with Crippen molar-refractivity contribution < 1.29 is 9.53 Å². The summed E-state index contributed by atoms with van der Waals surface area (Å²) >= 11 is 0. The molecule has 3 rings (SSSR count). The molecule has 0 saturated carbocycles. The molecule has 2 aromatic carbocycles. The van der Waals surface area contributed by atoms with Crippen molar-refractivity contribution in [1.82, 2.24) is 20.4 Å². The number of ether oxygens (including phenoxy) is 1. The number of nitrogens with one attached hydrogen (secondary N) is 2. The van der Waals surface area contributed by atoms with Crippen LogP contribution in [0.25, 0.3) is 10.8 Å². The number of benzene rings is 2. The van der Waals surface area contributed by atoms with E-state index in [-0.39, 0.29) is 18.1 Å². The summed E-state index contributed by atoms with van der Waals surface area (Å²) in [6.07, 6.45) is 0.761. The highest BCUT2D eigenvalue weighted by Crippen LogP contribution is 2.13. The van der Waals surface area contributed by atoms with Crippen LogP contribution >= 0.6 is 0 Å². The van der Waals surface area contributed by atoms with Crippen LogP contribution in [0.4, 0.5) is 4.79 Å². The van der Waals surface area contributed by atoms with Gasteiger partial charge in [0.05, 0.1) is 30.8 Å². The molecule has 0 unspecified atom stereocenters. The molecule has 1 aromatic heterocycles. The zero-order valence-corrected chi connectivity index (χ0v) is 15.9. The highest BCUT2D eigenvalue weighted by Gasteiger charge is 2.11. The van der Waals surface area contributed by atoms with Crippen molar-refractivity contribution in [3.8, 4) is 0 Å². The first-order valence-electron chi connectivity index (χ1n) is 9.22. The third-order valence-corrected chi connectivity index (χ3v) is 4.41. The molecule has 2 amide bonds. The van der Waals surface area contributed by atoms with Crippen LogP contribution in [0, 0.1) is 0 Å². The highest BCUT2D eigenvalue weighted by atomic mass is 16.5. The Labute approximate surface area is 163 Å². The summed E-state index contributed by atoms with van der Waals surface area (Å²) in [5.74, 6) is 0. The molecule has 146 valence electrons. The van der Waals surface area contributed by atoms with Crippen LogP contribution in [0.3, 0.4) is 0 Å². The molecule has 1 heterocycles. The molecule has 2 N–H and O–H groups in total. The van der Waals surface area contributed by atoms with E-state index in [4.69, 9.17) is 4.74 Å². The lowest BCUT2D eigenvalue weighted by molar-refractivity contribution is 0.181. The summed E-state index contributed by atoms with van der Waals surface area (Å²) in [5.41, 5.74) is 1.65. The highest BCUT2D eigenvalue weighted by molar-refractivity contribution is 5.84. The molecular formula is C21H24N4O3. The average Bonchev–Trinajstić information content (AvgIpc) is 2.73. The van der Waals surface area contributed by atoms with Crippen molar-refractivity contribution in [1.29, 1.82) is 0 Å². The van der Waals surface area contributed by atoms with Crippen molar-refractivity contribution in [2.75, 3.05) is 20.3 Å². The Morgan fingerprint density at radius 3 is 2.50 bits per heavy atom. The Morgan fingerprint density at radius 1 is 1.04 bits per heavy atom. The molecule has 0 atom stereocenters. The Bertz CT molecular complexity index is 986. The third-order valence-electron chi connectivity index (χ3n) is 4.41. The van der Waals surface area contributed by atoms with Gasteiger partial charge < -0.3 is 15.4 Å². The van der Waals surface area contributed by atoms with Gasteiger partial charge in [-0.2, -0.15) is 5.10 Å². The lowest BCUT2D eigenvalue weighted by Crippen LogP contribution is -2.37. The molecule has 0 aliphatic heterocycles. The maximum absolute atomic E-state index is 12.5. The summed E-state index contributed by atoms with van der Waals surface area (Å²) in [6, 6.07) is 17.0. The zero-order valence-electron chi connectivity index (χ0n) is 15.9. The Kier molecular flexibility index (Phi) is 6.75. The van der Waals surface area contributed by atoms with E-state index in [1.165, 1.54) is 10.2 Å². The van der Waals surface area contributed by atoms with Gasteiger partial charge in [0.2, 0.25) is 0 Å². The molecule has 7 heteroatoms. The van der Waals surface area contributed by atoms with Crippen molar-refractivity contribution in [2.24, 2.45) is 0 Å². The first-order valence-corrected chi connectivity index (χ1v) is 9.22. The van der Waals surface area contributed by atoms with Gasteiger partial charge in [-0.3, -0.25) is 4.79 Å². The van der Waals surface area contributed by atoms with Crippen LogP contribution in [0.2, 0.25) is 0 Å². The molecule has 0 saturated heterocycles. The number of nitrogens with zero attached hydrogens (tertiary/aromatic N) is 2. The number of hydrogen-bond donors (Lipinski definition) is 2. The smallest absolute Gasteiger partial charge is 0.315 e. The van der Waals surface area contributed by atoms with Gasteiger partial charge >= 0.3 is 6.03 Å². The molecular weight excluding hydrogens is 356 g/mol. The fraction of sp³-hybridized carbons (Fsp3) is 0.286. The second-order valence-corrected chi connectivity index (χ2v) is 6.36. The minimum atomic E-state index is -0.267. The summed E-state index contributed by atoms with van der Waals surface area (Å²) < 4.78 is 6.44. The maximum atomic E-state index is 12.5. The van der Waals surface area contributed by atoms with E-state index < -0.39 is 0 Å². The first-order chi connectivity index (χ1) is 13.7.